The Labute approximate surface area is 86.3 Å². The van der Waals surface area contributed by atoms with Gasteiger partial charge in [0.25, 0.3) is 0 Å². The second-order valence-electron chi connectivity index (χ2n) is 3.21. The van der Waals surface area contributed by atoms with Crippen LogP contribution in [0.25, 0.3) is 0 Å². The molecule has 0 amide bonds. The first-order chi connectivity index (χ1) is 6.49. The first-order valence-corrected chi connectivity index (χ1v) is 4.48. The van der Waals surface area contributed by atoms with Crippen LogP contribution >= 0.6 is 0 Å². The molecule has 3 nitrogen and oxygen atoms in total. The Balaban J connectivity index is 4.53. The maximum atomic E-state index is 5.79. The predicted octanol–water partition coefficient (Wildman–Crippen LogP) is 1.90. The second-order valence-corrected chi connectivity index (χ2v) is 3.21. The Hall–Kier alpha value is -1.51. The Bertz CT molecular complexity index is 283. The van der Waals surface area contributed by atoms with Crippen molar-refractivity contribution in [3.63, 3.8) is 0 Å². The molecule has 0 aromatic carbocycles. The maximum absolute atomic E-state index is 5.79. The van der Waals surface area contributed by atoms with Crippen LogP contribution in [0.1, 0.15) is 13.8 Å². The lowest BCUT2D eigenvalue weighted by Crippen LogP contribution is -2.20. The normalized spacial score (nSPS) is 13.4. The highest BCUT2D eigenvalue weighted by molar-refractivity contribution is 5.79. The van der Waals surface area contributed by atoms with E-state index in [0.29, 0.717) is 5.82 Å². The minimum absolute atomic E-state index is 0.710. The van der Waals surface area contributed by atoms with Gasteiger partial charge in [-0.1, -0.05) is 12.7 Å². The summed E-state index contributed by atoms with van der Waals surface area (Å²) in [6, 6.07) is 0. The fourth-order valence-electron chi connectivity index (χ4n) is 0.834. The quantitative estimate of drug-likeness (QED) is 0.547. The van der Waals surface area contributed by atoms with Gasteiger partial charge in [0.1, 0.15) is 5.82 Å². The van der Waals surface area contributed by atoms with Crippen molar-refractivity contribution < 1.29 is 0 Å². The van der Waals surface area contributed by atoms with Crippen molar-refractivity contribution in [3.8, 4) is 0 Å². The highest BCUT2D eigenvalue weighted by Gasteiger charge is 1.96. The summed E-state index contributed by atoms with van der Waals surface area (Å²) in [6.07, 6.45) is 5.46. The number of allylic oxidation sites excluding steroid dienone is 3. The topological polar surface area (TPSA) is 41.6 Å². The summed E-state index contributed by atoms with van der Waals surface area (Å²) in [5.41, 5.74) is 7.44. The molecule has 0 bridgehead atoms. The number of hydrogen-bond acceptors (Lipinski definition) is 3. The molecule has 14 heavy (non-hydrogen) atoms. The third kappa shape index (κ3) is 4.50. The van der Waals surface area contributed by atoms with Gasteiger partial charge in [-0.15, -0.1) is 0 Å². The van der Waals surface area contributed by atoms with Gasteiger partial charge in [-0.3, -0.25) is 4.99 Å². The molecule has 0 atom stereocenters. The molecule has 0 aliphatic heterocycles. The molecule has 0 spiro atoms. The summed E-state index contributed by atoms with van der Waals surface area (Å²) in [5.74, 6) is 0.710. The molecule has 0 aromatic heterocycles. The van der Waals surface area contributed by atoms with Crippen LogP contribution in [0.4, 0.5) is 0 Å². The van der Waals surface area contributed by atoms with Crippen LogP contribution in [0, 0.1) is 0 Å². The SMILES string of the molecule is C=C(/C=C/C)/N=C\C(C)=C(/N)N(C)C. The van der Waals surface area contributed by atoms with Crippen molar-refractivity contribution in [1.82, 2.24) is 4.90 Å². The standard InChI is InChI=1S/C11H19N3/c1-6-7-10(3)13-8-9(2)11(12)14(4)5/h6-8H,3,12H2,1-2,4-5H3/b7-6+,11-9+,13-8-. The fourth-order valence-corrected chi connectivity index (χ4v) is 0.834. The van der Waals surface area contributed by atoms with Crippen LogP contribution in [0.2, 0.25) is 0 Å². The molecule has 2 N–H and O–H groups in total. The van der Waals surface area contributed by atoms with Gasteiger partial charge in [0.15, 0.2) is 0 Å². The molecule has 3 heteroatoms. The van der Waals surface area contributed by atoms with Gasteiger partial charge in [0.2, 0.25) is 0 Å². The van der Waals surface area contributed by atoms with Crippen LogP contribution < -0.4 is 5.73 Å². The van der Waals surface area contributed by atoms with E-state index < -0.39 is 0 Å². The van der Waals surface area contributed by atoms with Crippen LogP contribution in [0.3, 0.4) is 0 Å². The smallest absolute Gasteiger partial charge is 0.103 e. The molecule has 0 saturated heterocycles. The molecule has 0 fully saturated rings. The van der Waals surface area contributed by atoms with Crippen molar-refractivity contribution in [3.05, 3.63) is 35.8 Å². The largest absolute Gasteiger partial charge is 0.385 e. The summed E-state index contributed by atoms with van der Waals surface area (Å²) < 4.78 is 0. The van der Waals surface area contributed by atoms with E-state index in [1.807, 2.05) is 45.0 Å². The molecular weight excluding hydrogens is 174 g/mol. The zero-order valence-corrected chi connectivity index (χ0v) is 9.41. The summed E-state index contributed by atoms with van der Waals surface area (Å²) in [5, 5.41) is 0. The van der Waals surface area contributed by atoms with Gasteiger partial charge >= 0.3 is 0 Å². The molecule has 0 unspecified atom stereocenters. The summed E-state index contributed by atoms with van der Waals surface area (Å²) in [4.78, 5) is 5.99. The lowest BCUT2D eigenvalue weighted by Gasteiger charge is -2.13. The molecule has 0 rings (SSSR count). The van der Waals surface area contributed by atoms with E-state index in [9.17, 15) is 0 Å². The highest BCUT2D eigenvalue weighted by Crippen LogP contribution is 2.00. The molecule has 0 saturated carbocycles. The summed E-state index contributed by atoms with van der Waals surface area (Å²) in [6.45, 7) is 7.61. The predicted molar refractivity (Wildman–Crippen MR) is 63.0 cm³/mol. The first-order valence-electron chi connectivity index (χ1n) is 4.48. The number of aliphatic imine (C=N–C) groups is 1. The molecule has 0 heterocycles. The third-order valence-electron chi connectivity index (χ3n) is 1.67. The minimum Gasteiger partial charge on any atom is -0.385 e. The van der Waals surface area contributed by atoms with Crippen molar-refractivity contribution in [2.45, 2.75) is 13.8 Å². The van der Waals surface area contributed by atoms with E-state index in [1.54, 1.807) is 6.21 Å². The Morgan fingerprint density at radius 3 is 2.43 bits per heavy atom. The molecule has 0 aliphatic rings. The fraction of sp³-hybridized carbons (Fsp3) is 0.364. The lowest BCUT2D eigenvalue weighted by molar-refractivity contribution is 0.502. The first kappa shape index (κ1) is 12.5. The molecule has 0 radical (unpaired) electrons. The van der Waals surface area contributed by atoms with Gasteiger partial charge in [0, 0.05) is 25.9 Å². The van der Waals surface area contributed by atoms with E-state index >= 15 is 0 Å². The van der Waals surface area contributed by atoms with Crippen molar-refractivity contribution in [2.75, 3.05) is 14.1 Å². The van der Waals surface area contributed by atoms with Crippen LogP contribution in [0.5, 0.6) is 0 Å². The highest BCUT2D eigenvalue weighted by atomic mass is 15.1. The number of rotatable bonds is 4. The van der Waals surface area contributed by atoms with Gasteiger partial charge in [-0.05, 0) is 19.9 Å². The van der Waals surface area contributed by atoms with Gasteiger partial charge < -0.3 is 10.6 Å². The van der Waals surface area contributed by atoms with Crippen LogP contribution in [0.15, 0.2) is 40.8 Å². The van der Waals surface area contributed by atoms with Crippen LogP contribution in [-0.4, -0.2) is 25.2 Å². The van der Waals surface area contributed by atoms with E-state index in [1.165, 1.54) is 0 Å². The second kappa shape index (κ2) is 6.02. The zero-order valence-electron chi connectivity index (χ0n) is 9.41. The molecule has 78 valence electrons. The Kier molecular flexibility index (Phi) is 5.37. The third-order valence-corrected chi connectivity index (χ3v) is 1.67. The number of nitrogens with two attached hydrogens (primary N) is 1. The Morgan fingerprint density at radius 1 is 1.43 bits per heavy atom. The minimum atomic E-state index is 0.710. The van der Waals surface area contributed by atoms with E-state index in [-0.39, 0.29) is 0 Å². The van der Waals surface area contributed by atoms with Gasteiger partial charge in [-0.25, -0.2) is 0 Å². The average molecular weight is 193 g/mol. The summed E-state index contributed by atoms with van der Waals surface area (Å²) in [7, 11) is 3.79. The number of hydrogen-bond donors (Lipinski definition) is 1. The van der Waals surface area contributed by atoms with E-state index in [4.69, 9.17) is 5.73 Å². The van der Waals surface area contributed by atoms with Crippen molar-refractivity contribution >= 4 is 6.21 Å². The van der Waals surface area contributed by atoms with E-state index in [2.05, 4.69) is 11.6 Å². The maximum Gasteiger partial charge on any atom is 0.103 e. The van der Waals surface area contributed by atoms with Crippen LogP contribution in [-0.2, 0) is 0 Å². The average Bonchev–Trinajstić information content (AvgIpc) is 2.13. The van der Waals surface area contributed by atoms with Gasteiger partial charge in [0.05, 0.1) is 5.70 Å². The molecule has 0 aliphatic carbocycles. The molecular formula is C11H19N3. The monoisotopic (exact) mass is 193 g/mol. The Morgan fingerprint density at radius 2 is 2.00 bits per heavy atom. The van der Waals surface area contributed by atoms with Gasteiger partial charge in [-0.2, -0.15) is 0 Å². The molecule has 0 aromatic rings. The van der Waals surface area contributed by atoms with E-state index in [0.717, 1.165) is 11.3 Å². The lowest BCUT2D eigenvalue weighted by atomic mass is 10.3. The van der Waals surface area contributed by atoms with Crippen molar-refractivity contribution in [2.24, 2.45) is 10.7 Å². The summed E-state index contributed by atoms with van der Waals surface area (Å²) >= 11 is 0. The zero-order chi connectivity index (χ0) is 11.1. The van der Waals surface area contributed by atoms with Crippen molar-refractivity contribution in [1.29, 1.82) is 0 Å². The number of nitrogens with zero attached hydrogens (tertiary/aromatic N) is 2.